The summed E-state index contributed by atoms with van der Waals surface area (Å²) in [5.41, 5.74) is -0.590. The van der Waals surface area contributed by atoms with Gasteiger partial charge in [-0.25, -0.2) is 0 Å². The molecule has 0 aliphatic heterocycles. The van der Waals surface area contributed by atoms with E-state index in [1.54, 1.807) is 24.3 Å². The lowest BCUT2D eigenvalue weighted by Gasteiger charge is -2.11. The number of nitrogens with zero attached hydrogens (tertiary/aromatic N) is 2. The van der Waals surface area contributed by atoms with Gasteiger partial charge in [-0.05, 0) is 99.9 Å². The monoisotopic (exact) mass is 747 g/mol. The van der Waals surface area contributed by atoms with E-state index in [9.17, 15) is 15.1 Å². The van der Waals surface area contributed by atoms with Crippen LogP contribution in [0, 0.1) is 0 Å². The van der Waals surface area contributed by atoms with Crippen LogP contribution in [0.3, 0.4) is 0 Å². The van der Waals surface area contributed by atoms with Crippen molar-refractivity contribution < 1.29 is 33.2 Å². The van der Waals surface area contributed by atoms with E-state index >= 15 is 0 Å². The topological polar surface area (TPSA) is 23.0 Å². The molecule has 0 aliphatic rings. The van der Waals surface area contributed by atoms with E-state index in [0.29, 0.717) is 5.69 Å². The van der Waals surface area contributed by atoms with E-state index in [0.717, 1.165) is 17.2 Å². The van der Waals surface area contributed by atoms with E-state index in [1.165, 1.54) is 27.3 Å². The molecule has 0 bridgehead atoms. The van der Waals surface area contributed by atoms with Crippen molar-refractivity contribution in [3.63, 3.8) is 0 Å². The third-order valence-electron chi connectivity index (χ3n) is 10.1. The summed E-state index contributed by atoms with van der Waals surface area (Å²) in [4.78, 5) is 0. The summed E-state index contributed by atoms with van der Waals surface area (Å²) >= 11 is 0. The van der Waals surface area contributed by atoms with Gasteiger partial charge in [0.2, 0.25) is 0 Å². The molecule has 3 aromatic heterocycles. The molecular weight excluding hydrogens is 693 g/mol. The van der Waals surface area contributed by atoms with Gasteiger partial charge in [-0.2, -0.15) is 0 Å². The van der Waals surface area contributed by atoms with Crippen LogP contribution in [0.4, 0.5) is 0 Å². The molecule has 266 valence electrons. The number of para-hydroxylation sites is 2. The minimum absolute atomic E-state index is 0.0135. The van der Waals surface area contributed by atoms with Crippen molar-refractivity contribution in [3.05, 3.63) is 206 Å². The Hall–Kier alpha value is -7.62. The van der Waals surface area contributed by atoms with Crippen molar-refractivity contribution in [2.45, 2.75) is 0 Å². The molecule has 0 unspecified atom stereocenters. The SMILES string of the molecule is [2H]c1cc(-c2c([2H])c([2H])c3c(oc4cc(-n5c6c([2H])c([2H])c([2H])c([2H])c6c6c([2H])c(-c7c([2H])c([2H])c([2H])c8c7c7cc([2H])c([2H])c([2H])c7n8-c7ccc(-c8ccccc8)cc7)c([2H])c([2H])c65)cc([2H])c43)c2[2H])c([2H])c([2H])c1[2H]. The van der Waals surface area contributed by atoms with E-state index in [2.05, 4.69) is 0 Å². The average molecular weight is 748 g/mol. The second-order valence-electron chi connectivity index (χ2n) is 13.3. The van der Waals surface area contributed by atoms with Crippen LogP contribution in [0.15, 0.2) is 210 Å². The summed E-state index contributed by atoms with van der Waals surface area (Å²) in [6.45, 7) is 0. The van der Waals surface area contributed by atoms with Crippen molar-refractivity contribution in [3.8, 4) is 44.8 Å². The smallest absolute Gasteiger partial charge is 0.137 e. The zero-order valence-corrected chi connectivity index (χ0v) is 29.3. The van der Waals surface area contributed by atoms with Gasteiger partial charge >= 0.3 is 0 Å². The van der Waals surface area contributed by atoms with E-state index in [1.807, 2.05) is 30.3 Å². The summed E-state index contributed by atoms with van der Waals surface area (Å²) < 4.78 is 199. The number of fused-ring (bicyclic) bond motifs is 9. The first-order valence-electron chi connectivity index (χ1n) is 28.3. The standard InChI is InChI=1S/C54H34N2O/c1-3-12-35(13-4-1)37-22-26-40(27-23-37)55-49-20-10-8-17-46(49)54-42(18-11-21-51(54)55)39-25-31-50-47(32-39)43-16-7-9-19-48(43)56(50)41-28-30-45-44-29-24-38(36-14-5-2-6-15-36)33-52(44)57-53(45)34-41/h1-34H/i2D,5D,6D,7D,8D,9D,10D,11D,14D,16D,18D,19D,20D,21D,24D,25D,29D,30D,31D,32D,33D. The third-order valence-corrected chi connectivity index (χ3v) is 10.1. The molecule has 3 heterocycles. The molecular formula is C54H34N2O. The lowest BCUT2D eigenvalue weighted by Crippen LogP contribution is -1.94. The van der Waals surface area contributed by atoms with Crippen LogP contribution < -0.4 is 0 Å². The van der Waals surface area contributed by atoms with Gasteiger partial charge in [0.15, 0.2) is 0 Å². The summed E-state index contributed by atoms with van der Waals surface area (Å²) in [5.74, 6) is 0. The summed E-state index contributed by atoms with van der Waals surface area (Å²) in [6.07, 6.45) is 0. The van der Waals surface area contributed by atoms with Gasteiger partial charge in [0, 0.05) is 49.8 Å². The molecule has 0 aliphatic carbocycles. The number of furan rings is 1. The maximum absolute atomic E-state index is 10.1. The highest BCUT2D eigenvalue weighted by Gasteiger charge is 2.19. The Bertz CT molecular complexity index is 4740. The molecule has 0 atom stereocenters. The van der Waals surface area contributed by atoms with Gasteiger partial charge in [0.05, 0.1) is 50.9 Å². The van der Waals surface area contributed by atoms with Gasteiger partial charge in [-0.1, -0.05) is 133 Å². The van der Waals surface area contributed by atoms with Crippen LogP contribution in [0.5, 0.6) is 0 Å². The van der Waals surface area contributed by atoms with Crippen LogP contribution in [-0.4, -0.2) is 9.13 Å². The van der Waals surface area contributed by atoms with Crippen LogP contribution >= 0.6 is 0 Å². The van der Waals surface area contributed by atoms with Crippen LogP contribution in [-0.2, 0) is 0 Å². The number of hydrogen-bond acceptors (Lipinski definition) is 1. The molecule has 57 heavy (non-hydrogen) atoms. The molecule has 9 aromatic carbocycles. The van der Waals surface area contributed by atoms with E-state index in [4.69, 9.17) is 18.1 Å². The summed E-state index contributed by atoms with van der Waals surface area (Å²) in [6, 6.07) is 9.08. The van der Waals surface area contributed by atoms with Gasteiger partial charge in [-0.15, -0.1) is 0 Å². The number of benzene rings is 9. The van der Waals surface area contributed by atoms with Crippen LogP contribution in [0.2, 0.25) is 0 Å². The normalized spacial score (nSPS) is 17.0. The van der Waals surface area contributed by atoms with Crippen molar-refractivity contribution in [2.24, 2.45) is 0 Å². The highest BCUT2D eigenvalue weighted by Crippen LogP contribution is 2.42. The molecule has 3 heteroatoms. The third kappa shape index (κ3) is 4.92. The van der Waals surface area contributed by atoms with Gasteiger partial charge < -0.3 is 13.6 Å². The Morgan fingerprint density at radius 3 is 2.00 bits per heavy atom. The first kappa shape index (κ1) is 17.5. The van der Waals surface area contributed by atoms with Gasteiger partial charge in [0.1, 0.15) is 11.2 Å². The van der Waals surface area contributed by atoms with Gasteiger partial charge in [0.25, 0.3) is 0 Å². The lowest BCUT2D eigenvalue weighted by atomic mass is 9.98. The maximum Gasteiger partial charge on any atom is 0.137 e. The van der Waals surface area contributed by atoms with E-state index in [-0.39, 0.29) is 94.0 Å². The predicted octanol–water partition coefficient (Wildman–Crippen LogP) is 14.8. The molecule has 0 saturated heterocycles. The van der Waals surface area contributed by atoms with Crippen LogP contribution in [0.1, 0.15) is 28.8 Å². The lowest BCUT2D eigenvalue weighted by molar-refractivity contribution is 0.669. The number of aromatic nitrogens is 2. The molecule has 0 amide bonds. The summed E-state index contributed by atoms with van der Waals surface area (Å²) in [5, 5.41) is -0.833. The van der Waals surface area contributed by atoms with Crippen molar-refractivity contribution >= 4 is 65.6 Å². The Morgan fingerprint density at radius 2 is 1.09 bits per heavy atom. The number of rotatable bonds is 5. The second-order valence-corrected chi connectivity index (χ2v) is 13.3. The first-order chi connectivity index (χ1) is 37.0. The highest BCUT2D eigenvalue weighted by molar-refractivity contribution is 6.17. The second kappa shape index (κ2) is 12.5. The zero-order valence-electron chi connectivity index (χ0n) is 50.3. The molecule has 0 spiro atoms. The fourth-order valence-electron chi connectivity index (χ4n) is 7.59. The molecule has 0 fully saturated rings. The molecule has 12 rings (SSSR count). The predicted molar refractivity (Wildman–Crippen MR) is 239 cm³/mol. The molecule has 3 nitrogen and oxygen atoms in total. The minimum Gasteiger partial charge on any atom is -0.456 e. The zero-order chi connectivity index (χ0) is 55.7. The summed E-state index contributed by atoms with van der Waals surface area (Å²) in [7, 11) is 0. The molecule has 12 aromatic rings. The molecule has 0 N–H and O–H groups in total. The molecule has 0 radical (unpaired) electrons. The fourth-order valence-corrected chi connectivity index (χ4v) is 7.59. The average Bonchev–Trinajstić information content (AvgIpc) is 3.93. The fraction of sp³-hybridized carbons (Fsp3) is 0. The quantitative estimate of drug-likeness (QED) is 0.172. The molecule has 0 saturated carbocycles. The Morgan fingerprint density at radius 1 is 0.368 bits per heavy atom. The van der Waals surface area contributed by atoms with Crippen molar-refractivity contribution in [1.29, 1.82) is 0 Å². The largest absolute Gasteiger partial charge is 0.456 e. The van der Waals surface area contributed by atoms with Crippen LogP contribution in [0.25, 0.3) is 110 Å². The first-order valence-corrected chi connectivity index (χ1v) is 17.8. The Kier molecular flexibility index (Phi) is 3.81. The Balaban J connectivity index is 1.18. The maximum atomic E-state index is 10.1. The van der Waals surface area contributed by atoms with E-state index < -0.39 is 126 Å². The van der Waals surface area contributed by atoms with Crippen molar-refractivity contribution in [1.82, 2.24) is 9.13 Å². The van der Waals surface area contributed by atoms with Gasteiger partial charge in [-0.3, -0.25) is 0 Å². The Labute approximate surface area is 358 Å². The highest BCUT2D eigenvalue weighted by atomic mass is 16.3. The minimum atomic E-state index is -0.732. The van der Waals surface area contributed by atoms with Crippen molar-refractivity contribution in [2.75, 3.05) is 0 Å². The number of hydrogen-bond donors (Lipinski definition) is 0.